The van der Waals surface area contributed by atoms with Crippen molar-refractivity contribution < 1.29 is 4.39 Å². The van der Waals surface area contributed by atoms with E-state index in [1.54, 1.807) is 12.1 Å². The number of likely N-dealkylation sites (N-methyl/N-ethyl adjacent to an activating group) is 1. The van der Waals surface area contributed by atoms with Crippen LogP contribution in [0.25, 0.3) is 0 Å². The highest BCUT2D eigenvalue weighted by molar-refractivity contribution is 5.18. The van der Waals surface area contributed by atoms with Gasteiger partial charge < -0.3 is 5.32 Å². The number of benzene rings is 1. The van der Waals surface area contributed by atoms with Gasteiger partial charge >= 0.3 is 0 Å². The van der Waals surface area contributed by atoms with Crippen molar-refractivity contribution in [3.05, 3.63) is 35.6 Å². The molecule has 0 aliphatic carbocycles. The smallest absolute Gasteiger partial charge is 0.126 e. The van der Waals surface area contributed by atoms with E-state index >= 15 is 0 Å². The summed E-state index contributed by atoms with van der Waals surface area (Å²) >= 11 is 0. The van der Waals surface area contributed by atoms with Crippen molar-refractivity contribution >= 4 is 0 Å². The average molecular weight is 237 g/mol. The van der Waals surface area contributed by atoms with Gasteiger partial charge in [-0.05, 0) is 31.0 Å². The molecule has 0 bridgehead atoms. The maximum absolute atomic E-state index is 13.6. The highest BCUT2D eigenvalue weighted by atomic mass is 19.1. The Morgan fingerprint density at radius 2 is 1.94 bits per heavy atom. The number of halogens is 1. The van der Waals surface area contributed by atoms with Gasteiger partial charge in [0.1, 0.15) is 5.82 Å². The Balaban J connectivity index is 2.50. The normalized spacial score (nSPS) is 12.6. The van der Waals surface area contributed by atoms with Crippen LogP contribution in [-0.2, 0) is 6.42 Å². The van der Waals surface area contributed by atoms with Gasteiger partial charge in [-0.2, -0.15) is 0 Å². The molecule has 0 aromatic heterocycles. The summed E-state index contributed by atoms with van der Waals surface area (Å²) in [6.07, 6.45) is 5.65. The zero-order valence-electron chi connectivity index (χ0n) is 11.0. The molecule has 0 aliphatic rings. The Kier molecular flexibility index (Phi) is 6.87. The summed E-state index contributed by atoms with van der Waals surface area (Å²) in [4.78, 5) is 0. The van der Waals surface area contributed by atoms with Crippen LogP contribution in [0.3, 0.4) is 0 Å². The van der Waals surface area contributed by atoms with Gasteiger partial charge in [0.05, 0.1) is 0 Å². The predicted molar refractivity (Wildman–Crippen MR) is 71.7 cm³/mol. The molecular weight excluding hydrogens is 213 g/mol. The van der Waals surface area contributed by atoms with Gasteiger partial charge in [0.25, 0.3) is 0 Å². The number of unbranched alkanes of at least 4 members (excludes halogenated alkanes) is 2. The minimum atomic E-state index is -0.0779. The molecule has 0 saturated heterocycles. The summed E-state index contributed by atoms with van der Waals surface area (Å²) < 4.78 is 13.6. The van der Waals surface area contributed by atoms with Crippen LogP contribution in [-0.4, -0.2) is 12.6 Å². The number of nitrogens with one attached hydrogen (secondary N) is 1. The van der Waals surface area contributed by atoms with Crippen LogP contribution in [0.2, 0.25) is 0 Å². The second-order valence-corrected chi connectivity index (χ2v) is 4.55. The summed E-state index contributed by atoms with van der Waals surface area (Å²) in [5.41, 5.74) is 0.829. The van der Waals surface area contributed by atoms with E-state index in [9.17, 15) is 4.39 Å². The highest BCUT2D eigenvalue weighted by Crippen LogP contribution is 2.13. The zero-order chi connectivity index (χ0) is 12.5. The van der Waals surface area contributed by atoms with Gasteiger partial charge in [-0.3, -0.25) is 0 Å². The van der Waals surface area contributed by atoms with E-state index in [2.05, 4.69) is 19.2 Å². The molecule has 17 heavy (non-hydrogen) atoms. The van der Waals surface area contributed by atoms with Crippen LogP contribution in [0.15, 0.2) is 24.3 Å². The number of hydrogen-bond donors (Lipinski definition) is 1. The van der Waals surface area contributed by atoms with Crippen molar-refractivity contribution in [1.82, 2.24) is 5.32 Å². The topological polar surface area (TPSA) is 12.0 Å². The minimum Gasteiger partial charge on any atom is -0.314 e. The SMILES string of the molecule is CCCCCC(Cc1ccccc1F)NCC. The van der Waals surface area contributed by atoms with Crippen molar-refractivity contribution in [3.8, 4) is 0 Å². The Hall–Kier alpha value is -0.890. The molecule has 1 aromatic rings. The third-order valence-corrected chi connectivity index (χ3v) is 3.07. The van der Waals surface area contributed by atoms with E-state index in [-0.39, 0.29) is 5.82 Å². The van der Waals surface area contributed by atoms with E-state index in [4.69, 9.17) is 0 Å². The van der Waals surface area contributed by atoms with Gasteiger partial charge in [-0.25, -0.2) is 4.39 Å². The van der Waals surface area contributed by atoms with Crippen molar-refractivity contribution in [2.75, 3.05) is 6.54 Å². The third kappa shape index (κ3) is 5.31. The van der Waals surface area contributed by atoms with Crippen LogP contribution < -0.4 is 5.32 Å². The van der Waals surface area contributed by atoms with Gasteiger partial charge in [0.2, 0.25) is 0 Å². The molecule has 1 atom stereocenters. The molecule has 0 amide bonds. The number of hydrogen-bond acceptors (Lipinski definition) is 1. The summed E-state index contributed by atoms with van der Waals surface area (Å²) in [5, 5.41) is 3.45. The van der Waals surface area contributed by atoms with E-state index in [1.165, 1.54) is 19.3 Å². The minimum absolute atomic E-state index is 0.0779. The van der Waals surface area contributed by atoms with Gasteiger partial charge in [0.15, 0.2) is 0 Å². The lowest BCUT2D eigenvalue weighted by Gasteiger charge is -2.18. The van der Waals surface area contributed by atoms with Gasteiger partial charge in [0, 0.05) is 6.04 Å². The van der Waals surface area contributed by atoms with Crippen molar-refractivity contribution in [3.63, 3.8) is 0 Å². The first-order valence-corrected chi connectivity index (χ1v) is 6.74. The fourth-order valence-corrected chi connectivity index (χ4v) is 2.14. The summed E-state index contributed by atoms with van der Waals surface area (Å²) in [6, 6.07) is 7.50. The van der Waals surface area contributed by atoms with Crippen LogP contribution in [0.1, 0.15) is 45.1 Å². The maximum atomic E-state index is 13.6. The molecule has 0 spiro atoms. The van der Waals surface area contributed by atoms with Crippen LogP contribution >= 0.6 is 0 Å². The highest BCUT2D eigenvalue weighted by Gasteiger charge is 2.10. The Morgan fingerprint density at radius 3 is 2.59 bits per heavy atom. The summed E-state index contributed by atoms with van der Waals surface area (Å²) in [6.45, 7) is 5.26. The molecule has 96 valence electrons. The molecular formula is C15H24FN. The quantitative estimate of drug-likeness (QED) is 0.676. The van der Waals surface area contributed by atoms with Crippen molar-refractivity contribution in [2.24, 2.45) is 0 Å². The van der Waals surface area contributed by atoms with Crippen LogP contribution in [0, 0.1) is 5.82 Å². The predicted octanol–water partition coefficient (Wildman–Crippen LogP) is 3.93. The van der Waals surface area contributed by atoms with E-state index in [0.29, 0.717) is 6.04 Å². The van der Waals surface area contributed by atoms with Crippen molar-refractivity contribution in [2.45, 2.75) is 52.0 Å². The first-order chi connectivity index (χ1) is 8.27. The number of rotatable bonds is 8. The standard InChI is InChI=1S/C15H24FN/c1-3-5-6-10-14(17-4-2)12-13-9-7-8-11-15(13)16/h7-9,11,14,17H,3-6,10,12H2,1-2H3. The lowest BCUT2D eigenvalue weighted by Crippen LogP contribution is -2.31. The first kappa shape index (κ1) is 14.2. The molecule has 1 nitrogen and oxygen atoms in total. The molecule has 0 aliphatic heterocycles. The Morgan fingerprint density at radius 1 is 1.18 bits per heavy atom. The molecule has 0 heterocycles. The first-order valence-electron chi connectivity index (χ1n) is 6.74. The molecule has 1 aromatic carbocycles. The zero-order valence-corrected chi connectivity index (χ0v) is 11.0. The van der Waals surface area contributed by atoms with Crippen LogP contribution in [0.4, 0.5) is 4.39 Å². The monoisotopic (exact) mass is 237 g/mol. The van der Waals surface area contributed by atoms with Gasteiger partial charge in [-0.1, -0.05) is 51.3 Å². The second kappa shape index (κ2) is 8.24. The fourth-order valence-electron chi connectivity index (χ4n) is 2.14. The molecule has 1 unspecified atom stereocenters. The van der Waals surface area contributed by atoms with Crippen molar-refractivity contribution in [1.29, 1.82) is 0 Å². The lowest BCUT2D eigenvalue weighted by molar-refractivity contribution is 0.459. The average Bonchev–Trinajstić information content (AvgIpc) is 2.32. The summed E-state index contributed by atoms with van der Waals surface area (Å²) in [5.74, 6) is -0.0779. The lowest BCUT2D eigenvalue weighted by atomic mass is 10.00. The molecule has 1 N–H and O–H groups in total. The largest absolute Gasteiger partial charge is 0.314 e. The maximum Gasteiger partial charge on any atom is 0.126 e. The van der Waals surface area contributed by atoms with E-state index in [1.807, 2.05) is 12.1 Å². The summed E-state index contributed by atoms with van der Waals surface area (Å²) in [7, 11) is 0. The molecule has 0 radical (unpaired) electrons. The van der Waals surface area contributed by atoms with Gasteiger partial charge in [-0.15, -0.1) is 0 Å². The Labute approximate surface area is 104 Å². The van der Waals surface area contributed by atoms with Crippen LogP contribution in [0.5, 0.6) is 0 Å². The molecule has 0 saturated carbocycles. The fraction of sp³-hybridized carbons (Fsp3) is 0.600. The van der Waals surface area contributed by atoms with E-state index < -0.39 is 0 Å². The third-order valence-electron chi connectivity index (χ3n) is 3.07. The molecule has 2 heteroatoms. The van der Waals surface area contributed by atoms with E-state index in [0.717, 1.165) is 24.9 Å². The second-order valence-electron chi connectivity index (χ2n) is 4.55. The molecule has 1 rings (SSSR count). The Bertz CT molecular complexity index is 312. The molecule has 0 fully saturated rings.